The second-order valence-corrected chi connectivity index (χ2v) is 6.47. The van der Waals surface area contributed by atoms with Crippen LogP contribution in [0, 0.1) is 11.8 Å². The van der Waals surface area contributed by atoms with Crippen molar-refractivity contribution >= 4 is 23.2 Å². The Morgan fingerprint density at radius 3 is 2.47 bits per heavy atom. The second-order valence-electron chi connectivity index (χ2n) is 5.60. The molecule has 1 saturated carbocycles. The van der Waals surface area contributed by atoms with Gasteiger partial charge in [0.1, 0.15) is 0 Å². The lowest BCUT2D eigenvalue weighted by atomic mass is 9.77. The summed E-state index contributed by atoms with van der Waals surface area (Å²) < 4.78 is 6.28. The summed E-state index contributed by atoms with van der Waals surface area (Å²) in [5.74, 6) is 1.69. The molecule has 0 aromatic heterocycles. The third-order valence-corrected chi connectivity index (χ3v) is 5.33. The Kier molecular flexibility index (Phi) is 5.45. The van der Waals surface area contributed by atoms with Gasteiger partial charge in [-0.25, -0.2) is 0 Å². The van der Waals surface area contributed by atoms with E-state index in [4.69, 9.17) is 27.9 Å². The molecule has 1 aliphatic heterocycles. The molecule has 1 aliphatic carbocycles. The summed E-state index contributed by atoms with van der Waals surface area (Å²) >= 11 is 12.6. The summed E-state index contributed by atoms with van der Waals surface area (Å²) in [6.45, 7) is 2.19. The summed E-state index contributed by atoms with van der Waals surface area (Å²) in [6, 6.07) is 0. The standard InChI is InChI=1S/C14H24Cl2O/c1-2-11-8-13(16)12(9-15)14(17-11)10-6-4-3-5-7-10/h10-14H,2-9H2,1H3/t11-,12-,13+,14+/m0/s1. The molecule has 2 aliphatic rings. The van der Waals surface area contributed by atoms with Crippen LogP contribution in [0.4, 0.5) is 0 Å². The van der Waals surface area contributed by atoms with Gasteiger partial charge < -0.3 is 4.74 Å². The first kappa shape index (κ1) is 14.0. The number of halogens is 2. The zero-order valence-corrected chi connectivity index (χ0v) is 12.2. The van der Waals surface area contributed by atoms with E-state index in [1.165, 1.54) is 32.1 Å². The Morgan fingerprint density at radius 2 is 1.88 bits per heavy atom. The fourth-order valence-electron chi connectivity index (χ4n) is 3.38. The summed E-state index contributed by atoms with van der Waals surface area (Å²) in [5.41, 5.74) is 0. The maximum absolute atomic E-state index is 6.51. The third kappa shape index (κ3) is 3.30. The van der Waals surface area contributed by atoms with E-state index < -0.39 is 0 Å². The zero-order valence-electron chi connectivity index (χ0n) is 10.7. The lowest BCUT2D eigenvalue weighted by Crippen LogP contribution is -2.47. The Balaban J connectivity index is 2.03. The quantitative estimate of drug-likeness (QED) is 0.686. The van der Waals surface area contributed by atoms with Gasteiger partial charge in [0.2, 0.25) is 0 Å². The molecule has 1 nitrogen and oxygen atoms in total. The van der Waals surface area contributed by atoms with Gasteiger partial charge in [0.25, 0.3) is 0 Å². The lowest BCUT2D eigenvalue weighted by Gasteiger charge is -2.43. The van der Waals surface area contributed by atoms with E-state index in [2.05, 4.69) is 6.92 Å². The monoisotopic (exact) mass is 278 g/mol. The van der Waals surface area contributed by atoms with Crippen LogP contribution in [0.3, 0.4) is 0 Å². The molecule has 0 spiro atoms. The average molecular weight is 279 g/mol. The summed E-state index contributed by atoms with van der Waals surface area (Å²) in [5, 5.41) is 0.207. The third-order valence-electron chi connectivity index (χ3n) is 4.47. The maximum Gasteiger partial charge on any atom is 0.0660 e. The molecule has 0 N–H and O–H groups in total. The van der Waals surface area contributed by atoms with Crippen molar-refractivity contribution in [3.05, 3.63) is 0 Å². The van der Waals surface area contributed by atoms with E-state index in [1.54, 1.807) is 0 Å². The SMILES string of the molecule is CC[C@H]1C[C@@H](Cl)[C@H](CCl)[C@@H](C2CCCCC2)O1. The number of hydrogen-bond acceptors (Lipinski definition) is 1. The van der Waals surface area contributed by atoms with Crippen LogP contribution in [-0.2, 0) is 4.74 Å². The minimum absolute atomic E-state index is 0.207. The minimum atomic E-state index is 0.207. The van der Waals surface area contributed by atoms with Crippen LogP contribution in [0.2, 0.25) is 0 Å². The number of rotatable bonds is 3. The molecule has 0 unspecified atom stereocenters. The molecule has 0 aromatic rings. The molecule has 4 atom stereocenters. The molecule has 2 fully saturated rings. The molecule has 0 radical (unpaired) electrons. The Hall–Kier alpha value is 0.540. The van der Waals surface area contributed by atoms with E-state index in [0.29, 0.717) is 29.9 Å². The van der Waals surface area contributed by atoms with Gasteiger partial charge in [0.15, 0.2) is 0 Å². The first-order chi connectivity index (χ1) is 8.26. The molecular formula is C14H24Cl2O. The second kappa shape index (κ2) is 6.63. The van der Waals surface area contributed by atoms with Crippen molar-refractivity contribution in [1.82, 2.24) is 0 Å². The topological polar surface area (TPSA) is 9.23 Å². The first-order valence-corrected chi connectivity index (χ1v) is 8.08. The summed E-state index contributed by atoms with van der Waals surface area (Å²) in [4.78, 5) is 0. The van der Waals surface area contributed by atoms with Crippen molar-refractivity contribution in [2.75, 3.05) is 5.88 Å². The fraction of sp³-hybridized carbons (Fsp3) is 1.00. The van der Waals surface area contributed by atoms with E-state index in [-0.39, 0.29) is 5.38 Å². The van der Waals surface area contributed by atoms with Gasteiger partial charge in [0, 0.05) is 17.2 Å². The van der Waals surface area contributed by atoms with Crippen LogP contribution in [0.15, 0.2) is 0 Å². The highest BCUT2D eigenvalue weighted by Gasteiger charge is 2.40. The molecular weight excluding hydrogens is 255 g/mol. The predicted molar refractivity (Wildman–Crippen MR) is 74.0 cm³/mol. The van der Waals surface area contributed by atoms with Gasteiger partial charge in [-0.05, 0) is 31.6 Å². The molecule has 3 heteroatoms. The average Bonchev–Trinajstić information content (AvgIpc) is 2.38. The number of hydrogen-bond donors (Lipinski definition) is 0. The van der Waals surface area contributed by atoms with E-state index in [0.717, 1.165) is 12.8 Å². The molecule has 1 saturated heterocycles. The number of alkyl halides is 2. The van der Waals surface area contributed by atoms with Crippen molar-refractivity contribution in [3.8, 4) is 0 Å². The van der Waals surface area contributed by atoms with E-state index in [1.807, 2.05) is 0 Å². The lowest BCUT2D eigenvalue weighted by molar-refractivity contribution is -0.109. The van der Waals surface area contributed by atoms with Crippen molar-refractivity contribution in [1.29, 1.82) is 0 Å². The highest BCUT2D eigenvalue weighted by atomic mass is 35.5. The van der Waals surface area contributed by atoms with Crippen LogP contribution in [0.1, 0.15) is 51.9 Å². The molecule has 100 valence electrons. The van der Waals surface area contributed by atoms with Crippen molar-refractivity contribution in [2.45, 2.75) is 69.5 Å². The largest absolute Gasteiger partial charge is 0.374 e. The Labute approximate surface area is 115 Å². The van der Waals surface area contributed by atoms with Gasteiger partial charge in [-0.1, -0.05) is 26.2 Å². The van der Waals surface area contributed by atoms with Crippen LogP contribution < -0.4 is 0 Å². The normalized spacial score (nSPS) is 40.4. The first-order valence-electron chi connectivity index (χ1n) is 7.11. The van der Waals surface area contributed by atoms with Crippen LogP contribution >= 0.6 is 23.2 Å². The van der Waals surface area contributed by atoms with Gasteiger partial charge in [0.05, 0.1) is 12.2 Å². The summed E-state index contributed by atoms with van der Waals surface area (Å²) in [7, 11) is 0. The van der Waals surface area contributed by atoms with Crippen LogP contribution in [0.5, 0.6) is 0 Å². The predicted octanol–water partition coefficient (Wildman–Crippen LogP) is 4.60. The molecule has 2 rings (SSSR count). The molecule has 1 heterocycles. The van der Waals surface area contributed by atoms with Gasteiger partial charge in [-0.15, -0.1) is 23.2 Å². The highest BCUT2D eigenvalue weighted by Crippen LogP contribution is 2.39. The van der Waals surface area contributed by atoms with Gasteiger partial charge >= 0.3 is 0 Å². The van der Waals surface area contributed by atoms with Crippen molar-refractivity contribution in [3.63, 3.8) is 0 Å². The summed E-state index contributed by atoms with van der Waals surface area (Å²) in [6.07, 6.45) is 9.40. The minimum Gasteiger partial charge on any atom is -0.374 e. The highest BCUT2D eigenvalue weighted by molar-refractivity contribution is 6.22. The Bertz CT molecular complexity index is 228. The number of ether oxygens (including phenoxy) is 1. The maximum atomic E-state index is 6.51. The van der Waals surface area contributed by atoms with E-state index in [9.17, 15) is 0 Å². The van der Waals surface area contributed by atoms with Gasteiger partial charge in [-0.2, -0.15) is 0 Å². The van der Waals surface area contributed by atoms with Crippen molar-refractivity contribution in [2.24, 2.45) is 11.8 Å². The molecule has 0 amide bonds. The molecule has 17 heavy (non-hydrogen) atoms. The van der Waals surface area contributed by atoms with Crippen LogP contribution in [-0.4, -0.2) is 23.5 Å². The Morgan fingerprint density at radius 1 is 1.18 bits per heavy atom. The smallest absolute Gasteiger partial charge is 0.0660 e. The molecule has 0 aromatic carbocycles. The zero-order chi connectivity index (χ0) is 12.3. The molecule has 0 bridgehead atoms. The van der Waals surface area contributed by atoms with Gasteiger partial charge in [-0.3, -0.25) is 0 Å². The fourth-order valence-corrected chi connectivity index (χ4v) is 4.29. The van der Waals surface area contributed by atoms with Crippen LogP contribution in [0.25, 0.3) is 0 Å². The van der Waals surface area contributed by atoms with E-state index >= 15 is 0 Å². The van der Waals surface area contributed by atoms with Crippen molar-refractivity contribution < 1.29 is 4.74 Å².